The molecule has 34 heavy (non-hydrogen) atoms. The summed E-state index contributed by atoms with van der Waals surface area (Å²) in [5, 5.41) is 0. The first-order valence-corrected chi connectivity index (χ1v) is 12.2. The monoisotopic (exact) mass is 469 g/mol. The molecule has 2 aromatic rings. The van der Waals surface area contributed by atoms with E-state index in [2.05, 4.69) is 6.92 Å². The molecule has 8 heteroatoms. The Labute approximate surface area is 200 Å². The molecule has 0 bridgehead atoms. The van der Waals surface area contributed by atoms with E-state index in [1.54, 1.807) is 28.8 Å². The molecule has 1 saturated carbocycles. The van der Waals surface area contributed by atoms with Gasteiger partial charge in [0.25, 0.3) is 11.5 Å². The predicted octanol–water partition coefficient (Wildman–Crippen LogP) is 3.64. The molecule has 0 radical (unpaired) electrons. The molecule has 0 aromatic carbocycles. The van der Waals surface area contributed by atoms with Gasteiger partial charge in [-0.3, -0.25) is 14.4 Å². The lowest BCUT2D eigenvalue weighted by Gasteiger charge is -2.36. The van der Waals surface area contributed by atoms with E-state index in [0.717, 1.165) is 25.7 Å². The van der Waals surface area contributed by atoms with Crippen LogP contribution in [0.25, 0.3) is 0 Å². The zero-order valence-electron chi connectivity index (χ0n) is 20.6. The summed E-state index contributed by atoms with van der Waals surface area (Å²) in [6.45, 7) is 5.25. The van der Waals surface area contributed by atoms with Crippen molar-refractivity contribution >= 4 is 11.8 Å². The average molecular weight is 470 g/mol. The fourth-order valence-electron chi connectivity index (χ4n) is 5.34. The molecule has 1 aliphatic carbocycles. The average Bonchev–Trinajstić information content (AvgIpc) is 3.29. The van der Waals surface area contributed by atoms with Crippen LogP contribution >= 0.6 is 0 Å². The molecular formula is C26H35N3O5. The number of pyridine rings is 1. The summed E-state index contributed by atoms with van der Waals surface area (Å²) in [5.41, 5.74) is 0.441. The molecule has 0 spiro atoms. The van der Waals surface area contributed by atoms with Crippen molar-refractivity contribution in [3.8, 4) is 5.75 Å². The molecule has 2 amide bonds. The SMILES string of the molecule is COc1cc(=O)n2c(c1C(=O)N(C)[C@@H](C)c1ccco1)CCN(C(=O)C1(C)CCCCC1)CC2. The first kappa shape index (κ1) is 24.1. The summed E-state index contributed by atoms with van der Waals surface area (Å²) in [6.07, 6.45) is 7.14. The number of hydrogen-bond acceptors (Lipinski definition) is 5. The minimum atomic E-state index is -0.339. The van der Waals surface area contributed by atoms with Gasteiger partial charge in [-0.15, -0.1) is 0 Å². The molecule has 184 valence electrons. The third kappa shape index (κ3) is 4.38. The second-order valence-electron chi connectivity index (χ2n) is 9.80. The molecule has 8 nitrogen and oxygen atoms in total. The summed E-state index contributed by atoms with van der Waals surface area (Å²) >= 11 is 0. The highest BCUT2D eigenvalue weighted by Gasteiger charge is 2.38. The van der Waals surface area contributed by atoms with E-state index in [4.69, 9.17) is 9.15 Å². The van der Waals surface area contributed by atoms with Gasteiger partial charge in [-0.25, -0.2) is 0 Å². The van der Waals surface area contributed by atoms with Gasteiger partial charge in [0, 0.05) is 50.3 Å². The van der Waals surface area contributed by atoms with Crippen molar-refractivity contribution in [3.05, 3.63) is 51.8 Å². The van der Waals surface area contributed by atoms with Crippen LogP contribution in [0.1, 0.15) is 73.8 Å². The maximum atomic E-state index is 13.7. The first-order chi connectivity index (χ1) is 16.3. The Balaban J connectivity index is 1.65. The number of ether oxygens (including phenoxy) is 1. The molecule has 2 aliphatic rings. The molecule has 4 rings (SSSR count). The van der Waals surface area contributed by atoms with Gasteiger partial charge in [-0.05, 0) is 31.9 Å². The summed E-state index contributed by atoms with van der Waals surface area (Å²) < 4.78 is 12.6. The van der Waals surface area contributed by atoms with Crippen molar-refractivity contribution in [1.29, 1.82) is 0 Å². The highest BCUT2D eigenvalue weighted by Crippen LogP contribution is 2.38. The van der Waals surface area contributed by atoms with Crippen LogP contribution in [0, 0.1) is 5.41 Å². The van der Waals surface area contributed by atoms with Gasteiger partial charge in [0.05, 0.1) is 19.4 Å². The van der Waals surface area contributed by atoms with Crippen molar-refractivity contribution in [2.24, 2.45) is 5.41 Å². The van der Waals surface area contributed by atoms with Gasteiger partial charge >= 0.3 is 0 Å². The molecular weight excluding hydrogens is 434 g/mol. The van der Waals surface area contributed by atoms with E-state index in [9.17, 15) is 14.4 Å². The minimum Gasteiger partial charge on any atom is -0.496 e. The van der Waals surface area contributed by atoms with Crippen molar-refractivity contribution in [3.63, 3.8) is 0 Å². The van der Waals surface area contributed by atoms with Crippen LogP contribution in [0.3, 0.4) is 0 Å². The van der Waals surface area contributed by atoms with Crippen molar-refractivity contribution in [1.82, 2.24) is 14.4 Å². The molecule has 1 atom stereocenters. The Hall–Kier alpha value is -3.03. The van der Waals surface area contributed by atoms with Gasteiger partial charge in [0.1, 0.15) is 17.1 Å². The molecule has 0 unspecified atom stereocenters. The van der Waals surface area contributed by atoms with Crippen LogP contribution in [-0.2, 0) is 17.8 Å². The largest absolute Gasteiger partial charge is 0.496 e. The van der Waals surface area contributed by atoms with Crippen LogP contribution < -0.4 is 10.3 Å². The highest BCUT2D eigenvalue weighted by molar-refractivity contribution is 5.98. The number of nitrogens with zero attached hydrogens (tertiary/aromatic N) is 3. The van der Waals surface area contributed by atoms with E-state index < -0.39 is 0 Å². The van der Waals surface area contributed by atoms with E-state index in [1.165, 1.54) is 19.6 Å². The van der Waals surface area contributed by atoms with E-state index >= 15 is 0 Å². The fourth-order valence-corrected chi connectivity index (χ4v) is 5.34. The van der Waals surface area contributed by atoms with Crippen LogP contribution in [0.5, 0.6) is 5.75 Å². The number of methoxy groups -OCH3 is 1. The molecule has 1 aliphatic heterocycles. The van der Waals surface area contributed by atoms with Crippen LogP contribution in [0.4, 0.5) is 0 Å². The maximum absolute atomic E-state index is 13.7. The second kappa shape index (κ2) is 9.68. The number of furan rings is 1. The van der Waals surface area contributed by atoms with Gasteiger partial charge < -0.3 is 23.5 Å². The lowest BCUT2D eigenvalue weighted by molar-refractivity contribution is -0.143. The quantitative estimate of drug-likeness (QED) is 0.668. The number of fused-ring (bicyclic) bond motifs is 1. The zero-order valence-corrected chi connectivity index (χ0v) is 20.6. The number of carbonyl (C=O) groups excluding carboxylic acids is 2. The van der Waals surface area contributed by atoms with Gasteiger partial charge in [-0.1, -0.05) is 26.2 Å². The number of hydrogen-bond donors (Lipinski definition) is 0. The smallest absolute Gasteiger partial charge is 0.259 e. The maximum Gasteiger partial charge on any atom is 0.259 e. The van der Waals surface area contributed by atoms with E-state index in [-0.39, 0.29) is 34.6 Å². The molecule has 0 saturated heterocycles. The summed E-state index contributed by atoms with van der Waals surface area (Å²) in [5.74, 6) is 0.852. The Morgan fingerprint density at radius 3 is 2.56 bits per heavy atom. The molecule has 1 fully saturated rings. The third-order valence-electron chi connectivity index (χ3n) is 7.64. The third-order valence-corrected chi connectivity index (χ3v) is 7.64. The van der Waals surface area contributed by atoms with Crippen molar-refractivity contribution in [2.75, 3.05) is 27.2 Å². The number of carbonyl (C=O) groups is 2. The minimum absolute atomic E-state index is 0.163. The number of amides is 2. The Kier molecular flexibility index (Phi) is 6.86. The number of aromatic nitrogens is 1. The first-order valence-electron chi connectivity index (χ1n) is 12.2. The molecule has 0 N–H and O–H groups in total. The van der Waals surface area contributed by atoms with Crippen LogP contribution in [-0.4, -0.2) is 53.4 Å². The molecule has 3 heterocycles. The van der Waals surface area contributed by atoms with Crippen LogP contribution in [0.15, 0.2) is 33.7 Å². The zero-order chi connectivity index (χ0) is 24.5. The van der Waals surface area contributed by atoms with E-state index in [1.807, 2.05) is 17.9 Å². The van der Waals surface area contributed by atoms with Gasteiger partial charge in [0.2, 0.25) is 5.91 Å². The predicted molar refractivity (Wildman–Crippen MR) is 128 cm³/mol. The summed E-state index contributed by atoms with van der Waals surface area (Å²) in [7, 11) is 3.18. The van der Waals surface area contributed by atoms with Crippen molar-refractivity contribution in [2.45, 2.75) is 65.0 Å². The normalized spacial score (nSPS) is 18.5. The Morgan fingerprint density at radius 1 is 1.18 bits per heavy atom. The van der Waals surface area contributed by atoms with E-state index in [0.29, 0.717) is 43.1 Å². The Morgan fingerprint density at radius 2 is 1.91 bits per heavy atom. The fraction of sp³-hybridized carbons (Fsp3) is 0.577. The summed E-state index contributed by atoms with van der Waals surface area (Å²) in [6, 6.07) is 4.70. The van der Waals surface area contributed by atoms with Gasteiger partial charge in [0.15, 0.2) is 0 Å². The topological polar surface area (TPSA) is 85.0 Å². The standard InChI is InChI=1S/C26H35N3O5/c1-18(20-9-8-16-34-20)27(3)24(31)23-19-10-13-28(25(32)26(2)11-6-5-7-12-26)14-15-29(19)22(30)17-21(23)33-4/h8-9,16-18H,5-7,10-15H2,1-4H3/t18-/m0/s1. The van der Waals surface area contributed by atoms with Crippen LogP contribution in [0.2, 0.25) is 0 Å². The Bertz CT molecular complexity index is 1100. The lowest BCUT2D eigenvalue weighted by atomic mass is 9.74. The molecule has 2 aromatic heterocycles. The highest BCUT2D eigenvalue weighted by atomic mass is 16.5. The second-order valence-corrected chi connectivity index (χ2v) is 9.80. The van der Waals surface area contributed by atoms with Gasteiger partial charge in [-0.2, -0.15) is 0 Å². The number of rotatable bonds is 5. The summed E-state index contributed by atoms with van der Waals surface area (Å²) in [4.78, 5) is 43.6. The lowest BCUT2D eigenvalue weighted by Crippen LogP contribution is -2.44. The van der Waals surface area contributed by atoms with Crippen molar-refractivity contribution < 1.29 is 18.7 Å².